The summed E-state index contributed by atoms with van der Waals surface area (Å²) in [7, 11) is 0. The van der Waals surface area contributed by atoms with Gasteiger partial charge in [0.05, 0.1) is 1.37 Å². The second-order valence-corrected chi connectivity index (χ2v) is 10.9. The van der Waals surface area contributed by atoms with Gasteiger partial charge in [0.15, 0.2) is 0 Å². The van der Waals surface area contributed by atoms with E-state index in [1.54, 1.807) is 13.8 Å². The van der Waals surface area contributed by atoms with Crippen molar-refractivity contribution in [3.63, 3.8) is 0 Å². The number of phenolic OH excluding ortho intramolecular Hbond substituents is 2. The minimum atomic E-state index is -2.36. The van der Waals surface area contributed by atoms with Crippen molar-refractivity contribution in [1.82, 2.24) is 0 Å². The van der Waals surface area contributed by atoms with Gasteiger partial charge in [-0.25, -0.2) is 0 Å². The monoisotopic (exact) mass is 452 g/mol. The molecule has 32 heavy (non-hydrogen) atoms. The molecule has 0 bridgehead atoms. The normalized spacial score (nSPS) is 18.7. The first kappa shape index (κ1) is 15.5. The van der Waals surface area contributed by atoms with Crippen LogP contribution in [0.15, 0.2) is 24.2 Å². The molecule has 0 amide bonds. The minimum Gasteiger partial charge on any atom is -0.508 e. The van der Waals surface area contributed by atoms with Crippen molar-refractivity contribution in [1.29, 1.82) is 0 Å². The number of nitrogen functional groups attached to an aromatic ring is 2. The third kappa shape index (κ3) is 6.82. The molecular weight excluding hydrogens is 396 g/mol. The van der Waals surface area contributed by atoms with Crippen molar-refractivity contribution < 1.29 is 23.9 Å². The summed E-state index contributed by atoms with van der Waals surface area (Å²) in [6.45, 7) is 7.73. The lowest BCUT2D eigenvalue weighted by atomic mass is 9.79. The Hall–Kier alpha value is -2.36. The van der Waals surface area contributed by atoms with Crippen LogP contribution < -0.4 is 11.5 Å². The molecule has 0 aromatic heterocycles. The van der Waals surface area contributed by atoms with Crippen LogP contribution in [0.3, 0.4) is 0 Å². The van der Waals surface area contributed by atoms with Crippen molar-refractivity contribution in [2.45, 2.75) is 105 Å². The predicted molar refractivity (Wildman–Crippen MR) is 140 cm³/mol. The van der Waals surface area contributed by atoms with Gasteiger partial charge in [0.2, 0.25) is 0 Å². The third-order valence-electron chi connectivity index (χ3n) is 4.98. The van der Waals surface area contributed by atoms with E-state index in [9.17, 15) is 10.2 Å². The Labute approximate surface area is 210 Å². The third-order valence-corrected chi connectivity index (χ3v) is 4.98. The van der Waals surface area contributed by atoms with Crippen LogP contribution in [0.25, 0.3) is 0 Å². The Morgan fingerprint density at radius 2 is 0.969 bits per heavy atom. The first-order chi connectivity index (χ1) is 18.2. The minimum absolute atomic E-state index is 0.0103. The summed E-state index contributed by atoms with van der Waals surface area (Å²) in [6, 6.07) is 3.99. The lowest BCUT2D eigenvalue weighted by Crippen LogP contribution is -2.18. The summed E-state index contributed by atoms with van der Waals surface area (Å²) in [5, 5.41) is 20.2. The van der Waals surface area contributed by atoms with Crippen LogP contribution in [0.5, 0.6) is 11.5 Å². The first-order valence-electron chi connectivity index (χ1n) is 15.5. The fourth-order valence-corrected chi connectivity index (χ4v) is 3.29. The molecule has 0 saturated carbocycles. The number of hydrogen-bond acceptors (Lipinski definition) is 4. The van der Waals surface area contributed by atoms with Gasteiger partial charge in [-0.2, -0.15) is 0 Å². The number of benzene rings is 2. The van der Waals surface area contributed by atoms with Gasteiger partial charge >= 0.3 is 0 Å². The summed E-state index contributed by atoms with van der Waals surface area (Å²) in [4.78, 5) is 0. The molecule has 6 N–H and O–H groups in total. The highest BCUT2D eigenvalue weighted by molar-refractivity contribution is 5.59. The zero-order valence-electron chi connectivity index (χ0n) is 30.8. The zero-order chi connectivity index (χ0) is 33.8. The van der Waals surface area contributed by atoms with Gasteiger partial charge in [0, 0.05) is 35.8 Å². The maximum Gasteiger partial charge on any atom is 0.121 e. The lowest BCUT2D eigenvalue weighted by molar-refractivity contribution is 0.444. The molecule has 0 saturated heterocycles. The van der Waals surface area contributed by atoms with Gasteiger partial charge in [0.1, 0.15) is 11.5 Å². The Kier molecular flexibility index (Phi) is 4.29. The summed E-state index contributed by atoms with van der Waals surface area (Å²) in [6.07, 6.45) is 0. The van der Waals surface area contributed by atoms with E-state index in [2.05, 4.69) is 0 Å². The van der Waals surface area contributed by atoms with E-state index < -0.39 is 42.2 Å². The Balaban J connectivity index is 0.000000422. The molecule has 180 valence electrons. The van der Waals surface area contributed by atoms with Crippen molar-refractivity contribution >= 4 is 11.4 Å². The Morgan fingerprint density at radius 1 is 0.594 bits per heavy atom. The largest absolute Gasteiger partial charge is 0.508 e. The summed E-state index contributed by atoms with van der Waals surface area (Å²) >= 11 is 0. The Bertz CT molecular complexity index is 1250. The molecule has 0 heterocycles. The topological polar surface area (TPSA) is 92.5 Å². The maximum absolute atomic E-state index is 10.1. The molecule has 0 unspecified atom stereocenters. The lowest BCUT2D eigenvalue weighted by Gasteiger charge is -2.27. The van der Waals surface area contributed by atoms with Gasteiger partial charge in [-0.1, -0.05) is 82.9 Å². The molecule has 0 radical (unpaired) electrons. The van der Waals surface area contributed by atoms with E-state index >= 15 is 0 Å². The van der Waals surface area contributed by atoms with E-state index in [1.165, 1.54) is 45.9 Å². The summed E-state index contributed by atoms with van der Waals surface area (Å²) in [5.74, 6) is -0.311. The molecule has 0 spiro atoms. The molecule has 0 aliphatic carbocycles. The second-order valence-electron chi connectivity index (χ2n) is 10.9. The van der Waals surface area contributed by atoms with Crippen molar-refractivity contribution in [2.75, 3.05) is 11.5 Å². The molecule has 2 aromatic carbocycles. The van der Waals surface area contributed by atoms with Gasteiger partial charge < -0.3 is 21.7 Å². The van der Waals surface area contributed by atoms with Gasteiger partial charge in [-0.15, -0.1) is 0 Å². The number of anilines is 2. The van der Waals surface area contributed by atoms with Crippen molar-refractivity contribution in [2.24, 2.45) is 0 Å². The Morgan fingerprint density at radius 3 is 1.41 bits per heavy atom. The van der Waals surface area contributed by atoms with Gasteiger partial charge in [-0.05, 0) is 56.0 Å². The molecular formula is C28H46N2O2. The van der Waals surface area contributed by atoms with Crippen molar-refractivity contribution in [3.05, 3.63) is 46.5 Å². The number of aromatic hydroxyl groups is 2. The van der Waals surface area contributed by atoms with Crippen LogP contribution >= 0.6 is 0 Å². The van der Waals surface area contributed by atoms with Gasteiger partial charge in [-0.3, -0.25) is 0 Å². The summed E-state index contributed by atoms with van der Waals surface area (Å²) < 4.78 is 77.3. The fraction of sp³-hybridized carbons (Fsp3) is 0.571. The molecule has 0 aliphatic rings. The standard InChI is InChI=1S/2C14H23NO/c2*1-13(2,3)9-7-10(14(4,5)6)12(16)8-11(9)15/h2*7-8,16H,15H2,1-6H3/i1D3,7D;1D3,4D3. The van der Waals surface area contributed by atoms with Gasteiger partial charge in [0.25, 0.3) is 0 Å². The van der Waals surface area contributed by atoms with E-state index in [0.29, 0.717) is 11.1 Å². The van der Waals surface area contributed by atoms with E-state index in [0.717, 1.165) is 0 Å². The number of rotatable bonds is 0. The molecule has 0 aliphatic heterocycles. The predicted octanol–water partition coefficient (Wildman–Crippen LogP) is 7.14. The molecule has 2 rings (SSSR count). The molecule has 2 aromatic rings. The van der Waals surface area contributed by atoms with E-state index in [1.807, 2.05) is 20.8 Å². The van der Waals surface area contributed by atoms with E-state index in [4.69, 9.17) is 25.2 Å². The second kappa shape index (κ2) is 8.88. The molecule has 4 nitrogen and oxygen atoms in total. The highest BCUT2D eigenvalue weighted by atomic mass is 16.3. The molecule has 0 fully saturated rings. The average Bonchev–Trinajstić information content (AvgIpc) is 2.69. The van der Waals surface area contributed by atoms with Crippen LogP contribution in [-0.4, -0.2) is 10.2 Å². The van der Waals surface area contributed by atoms with Crippen LogP contribution in [0.1, 0.15) is 119 Å². The SMILES string of the molecule is [2H]C([2H])([2H])C(C)(C)c1cc(C(C)(C)C([2H])([2H])[2H])c(O)cc1N.[2H]c1c(C(C)(C)C)c(O)cc(N)c1C(C)(C)C([2H])([2H])[2H]. The number of hydrogen-bond donors (Lipinski definition) is 4. The fourth-order valence-electron chi connectivity index (χ4n) is 3.29. The highest BCUT2D eigenvalue weighted by Gasteiger charge is 2.25. The van der Waals surface area contributed by atoms with Crippen LogP contribution in [0.4, 0.5) is 11.4 Å². The van der Waals surface area contributed by atoms with Crippen LogP contribution in [0.2, 0.25) is 0 Å². The molecule has 0 atom stereocenters. The number of nitrogens with two attached hydrogens (primary N) is 2. The van der Waals surface area contributed by atoms with E-state index in [-0.39, 0.29) is 40.0 Å². The zero-order valence-corrected chi connectivity index (χ0v) is 20.8. The average molecular weight is 453 g/mol. The quantitative estimate of drug-likeness (QED) is 0.320. The highest BCUT2D eigenvalue weighted by Crippen LogP contribution is 2.39. The number of phenols is 2. The summed E-state index contributed by atoms with van der Waals surface area (Å²) in [5.41, 5.74) is 8.82. The maximum atomic E-state index is 10.1. The van der Waals surface area contributed by atoms with Crippen molar-refractivity contribution in [3.8, 4) is 11.5 Å². The smallest absolute Gasteiger partial charge is 0.121 e. The van der Waals surface area contributed by atoms with Crippen LogP contribution in [0, 0.1) is 0 Å². The molecule has 4 heteroatoms. The van der Waals surface area contributed by atoms with Crippen LogP contribution in [-0.2, 0) is 21.7 Å². The first-order valence-corrected chi connectivity index (χ1v) is 10.5.